The highest BCUT2D eigenvalue weighted by molar-refractivity contribution is 9.10. The third kappa shape index (κ3) is 11.5. The zero-order valence-electron chi connectivity index (χ0n) is 45.6. The van der Waals surface area contributed by atoms with Gasteiger partial charge in [-0.2, -0.15) is 0 Å². The fourth-order valence-electron chi connectivity index (χ4n) is 12.2. The Balaban J connectivity index is 0.000000139. The molecule has 3 saturated carbocycles. The normalized spacial score (nSPS) is 17.2. The summed E-state index contributed by atoms with van der Waals surface area (Å²) in [4.78, 5) is 101. The number of nitrogens with zero attached hydrogens (tertiary/aromatic N) is 11. The molecule has 26 heteroatoms. The summed E-state index contributed by atoms with van der Waals surface area (Å²) in [6.07, 6.45) is 26.7. The van der Waals surface area contributed by atoms with Crippen LogP contribution in [0.5, 0.6) is 0 Å². The van der Waals surface area contributed by atoms with Crippen molar-refractivity contribution in [2.75, 3.05) is 5.73 Å². The maximum Gasteiger partial charge on any atom is 0.277 e. The molecular weight excluding hydrogens is 1230 g/mol. The highest BCUT2D eigenvalue weighted by Gasteiger charge is 2.48. The Morgan fingerprint density at radius 2 is 0.906 bits per heavy atom. The second kappa shape index (κ2) is 24.5. The first kappa shape index (κ1) is 62.0. The highest BCUT2D eigenvalue weighted by Crippen LogP contribution is 2.41. The van der Waals surface area contributed by atoms with Gasteiger partial charge in [0.15, 0.2) is 0 Å². The third-order valence-electron chi connectivity index (χ3n) is 15.9. The Labute approximate surface area is 514 Å². The average molecular weight is 1290 g/mol. The lowest BCUT2D eigenvalue weighted by Crippen LogP contribution is -2.49. The van der Waals surface area contributed by atoms with Crippen molar-refractivity contribution in [1.82, 2.24) is 68.7 Å². The first-order valence-electron chi connectivity index (χ1n) is 27.4. The number of anilines is 1. The first-order valence-corrected chi connectivity index (χ1v) is 32.8. The van der Waals surface area contributed by atoms with Crippen LogP contribution in [0.2, 0.25) is 34.7 Å². The number of nitrogens with two attached hydrogens (primary N) is 1. The van der Waals surface area contributed by atoms with Crippen molar-refractivity contribution in [3.63, 3.8) is 0 Å². The second-order valence-corrected chi connectivity index (χ2v) is 29.3. The fraction of sp³-hybridized carbons (Fsp3) is 0.390. The van der Waals surface area contributed by atoms with Crippen LogP contribution in [0.4, 0.5) is 5.82 Å². The largest absolute Gasteiger partial charge is 0.383 e. The van der Waals surface area contributed by atoms with E-state index in [1.165, 1.54) is 25.0 Å². The molecule has 3 aliphatic heterocycles. The van der Waals surface area contributed by atoms with E-state index >= 15 is 0 Å². The molecule has 14 rings (SSSR count). The summed E-state index contributed by atoms with van der Waals surface area (Å²) in [7, 11) is -1.34. The number of aromatic nitrogens is 11. The number of hydrogen-bond donors (Lipinski definition) is 4. The van der Waals surface area contributed by atoms with E-state index < -0.39 is 25.1 Å². The minimum absolute atomic E-state index is 0. The van der Waals surface area contributed by atoms with Gasteiger partial charge >= 0.3 is 0 Å². The van der Waals surface area contributed by atoms with Gasteiger partial charge in [0.05, 0.1) is 25.1 Å². The predicted octanol–water partition coefficient (Wildman–Crippen LogP) is 10.4. The number of fused-ring (bicyclic) bond motifs is 8. The van der Waals surface area contributed by atoms with E-state index in [0.717, 1.165) is 113 Å². The molecule has 3 amide bonds. The molecule has 11 heterocycles. The van der Waals surface area contributed by atoms with Gasteiger partial charge in [-0.25, -0.2) is 29.9 Å². The lowest BCUT2D eigenvalue weighted by atomic mass is 9.89. The number of nitrogens with one attached hydrogen (secondary N) is 3. The van der Waals surface area contributed by atoms with Gasteiger partial charge in [0.25, 0.3) is 34.4 Å². The van der Waals surface area contributed by atoms with E-state index in [2.05, 4.69) is 92.9 Å². The van der Waals surface area contributed by atoms with Gasteiger partial charge in [-0.3, -0.25) is 51.6 Å². The molecule has 8 aromatic rings. The van der Waals surface area contributed by atoms with Gasteiger partial charge in [0.1, 0.15) is 89.6 Å². The predicted molar refractivity (Wildman–Crippen MR) is 335 cm³/mol. The van der Waals surface area contributed by atoms with Crippen LogP contribution in [-0.2, 0) is 17.0 Å². The Morgan fingerprint density at radius 3 is 1.29 bits per heavy atom. The molecule has 444 valence electrons. The van der Waals surface area contributed by atoms with Gasteiger partial charge in [0.2, 0.25) is 0 Å². The van der Waals surface area contributed by atoms with E-state index in [4.69, 9.17) is 40.5 Å². The summed E-state index contributed by atoms with van der Waals surface area (Å²) in [5.74, 6) is 2.67. The quantitative estimate of drug-likeness (QED) is 0.0928. The summed E-state index contributed by atoms with van der Waals surface area (Å²) in [6, 6.07) is 8.30. The molecule has 5 N–H and O–H groups in total. The minimum Gasteiger partial charge on any atom is -0.383 e. The van der Waals surface area contributed by atoms with Gasteiger partial charge in [-0.05, 0) is 123 Å². The molecule has 0 aromatic carbocycles. The van der Waals surface area contributed by atoms with Crippen molar-refractivity contribution in [3.05, 3.63) is 154 Å². The summed E-state index contributed by atoms with van der Waals surface area (Å²) < 4.78 is 8.53. The van der Waals surface area contributed by atoms with Crippen molar-refractivity contribution in [2.45, 2.75) is 148 Å². The summed E-state index contributed by atoms with van der Waals surface area (Å²) in [6.45, 7) is 6.54. The molecule has 85 heavy (non-hydrogen) atoms. The molecule has 0 unspecified atom stereocenters. The Bertz CT molecular complexity index is 4020. The van der Waals surface area contributed by atoms with Gasteiger partial charge in [-0.1, -0.05) is 94.5 Å². The van der Waals surface area contributed by atoms with Crippen LogP contribution < -0.4 is 38.4 Å². The Hall–Kier alpha value is -7.49. The molecule has 21 nitrogen and oxygen atoms in total. The summed E-state index contributed by atoms with van der Waals surface area (Å²) >= 11 is 22.2. The van der Waals surface area contributed by atoms with Crippen LogP contribution in [0.3, 0.4) is 0 Å². The van der Waals surface area contributed by atoms with Crippen LogP contribution >= 0.6 is 50.7 Å². The topological polar surface area (TPSA) is 267 Å². The first-order chi connectivity index (χ1) is 39.8. The van der Waals surface area contributed by atoms with Crippen molar-refractivity contribution in [3.8, 4) is 22.8 Å². The van der Waals surface area contributed by atoms with Gasteiger partial charge in [0, 0.05) is 41.8 Å². The molecule has 8 aromatic heterocycles. The van der Waals surface area contributed by atoms with Crippen LogP contribution in [-0.4, -0.2) is 78.5 Å². The fourth-order valence-corrected chi connectivity index (χ4v) is 14.0. The van der Waals surface area contributed by atoms with Crippen molar-refractivity contribution >= 4 is 104 Å². The maximum absolute atomic E-state index is 13.4. The lowest BCUT2D eigenvalue weighted by molar-refractivity contribution is 0.0867. The van der Waals surface area contributed by atoms with Crippen molar-refractivity contribution in [1.29, 1.82) is 0 Å². The molecule has 3 fully saturated rings. The number of carbonyl (C=O) groups is 3. The Morgan fingerprint density at radius 1 is 0.541 bits per heavy atom. The molecule has 6 aliphatic rings. The second-order valence-electron chi connectivity index (χ2n) is 22.5. The number of amides is 3. The number of pyridine rings is 3. The van der Waals surface area contributed by atoms with E-state index in [1.54, 1.807) is 66.0 Å². The van der Waals surface area contributed by atoms with Crippen LogP contribution in [0, 0.1) is 11.5 Å². The summed E-state index contributed by atoms with van der Waals surface area (Å²) in [5, 5.41) is 11.5. The minimum atomic E-state index is -1.34. The van der Waals surface area contributed by atoms with Crippen LogP contribution in [0.1, 0.15) is 148 Å². The van der Waals surface area contributed by atoms with Crippen molar-refractivity contribution < 1.29 is 14.4 Å². The van der Waals surface area contributed by atoms with E-state index in [1.807, 2.05) is 12.1 Å². The molecule has 0 radical (unpaired) electrons. The van der Waals surface area contributed by atoms with Crippen molar-refractivity contribution in [2.24, 2.45) is 0 Å². The van der Waals surface area contributed by atoms with Gasteiger partial charge < -0.3 is 21.7 Å². The number of hydrogen-bond acceptors (Lipinski definition) is 13. The summed E-state index contributed by atoms with van der Waals surface area (Å²) in [5.41, 5.74) is 9.83. The standard InChI is InChI=1S/2C18H16ClN5O2.C12H12BrClN2O2.C9H13N3Si.2CH4/c2*19-12-8-13(23-7-4-11-9-20-10-21-15(11)23)17(26)24-14(12)16(25)22-18(24)5-2-1-3-6-18;13-7-6-8(14)9-10(17)15-12(16(9)11(7)18)4-2-1-3-5-12;1-13(2,3)5-4-8-6-11-7-12-9(8)10;;/h2*4,7-10H,1-3,5-6H2,(H,22,25);6H,1-5H2,(H,15,17);6-7H,1-3H3,(H2,10,11,12);2*1H4. The maximum atomic E-state index is 13.4. The number of halogens is 4. The van der Waals surface area contributed by atoms with E-state index in [9.17, 15) is 28.8 Å². The zero-order valence-corrected chi connectivity index (χ0v) is 50.4. The SMILES string of the molecule is C.C.C[Si](C)(C)C#Cc1cncnc1N.O=C1NC2(CCCCC2)n2c1c(Cl)cc(-n1ccc3cncnc31)c2=O.O=C1NC2(CCCCC2)n2c1c(Cl)cc(-n1ccc3cncnc31)c2=O.O=C1NC2(CCCCC2)n2c1c(Cl)cc(Br)c2=O. The van der Waals surface area contributed by atoms with E-state index in [-0.39, 0.29) is 70.7 Å². The molecular formula is C59H65BrCl3N15O6Si. The average Bonchev–Trinajstić information content (AvgIpc) is 1.76. The van der Waals surface area contributed by atoms with E-state index in [0.29, 0.717) is 43.7 Å². The van der Waals surface area contributed by atoms with Crippen LogP contribution in [0.15, 0.2) is 99.2 Å². The highest BCUT2D eigenvalue weighted by atomic mass is 79.9. The zero-order chi connectivity index (χ0) is 58.6. The molecule has 3 aliphatic carbocycles. The van der Waals surface area contributed by atoms with Gasteiger partial charge in [-0.15, -0.1) is 5.54 Å². The molecule has 0 saturated heterocycles. The Kier molecular flexibility index (Phi) is 17.9. The third-order valence-corrected chi connectivity index (χ3v) is 18.2. The number of carbonyl (C=O) groups excluding carboxylic acids is 3. The molecule has 0 bridgehead atoms. The smallest absolute Gasteiger partial charge is 0.277 e. The van der Waals surface area contributed by atoms with Crippen LogP contribution in [0.25, 0.3) is 33.4 Å². The molecule has 3 spiro atoms. The molecule has 0 atom stereocenters. The number of nitrogen functional groups attached to an aromatic ring is 1. The lowest BCUT2D eigenvalue weighted by Gasteiger charge is -2.35. The number of rotatable bonds is 2. The monoisotopic (exact) mass is 1290 g/mol.